The van der Waals surface area contributed by atoms with Crippen LogP contribution in [0, 0.1) is 21.3 Å². The van der Waals surface area contributed by atoms with Gasteiger partial charge in [0, 0.05) is 25.2 Å². The fraction of sp³-hybridized carbons (Fsp3) is 0.529. The number of rotatable bonds is 2. The molecule has 5 rings (SSSR count). The van der Waals surface area contributed by atoms with E-state index in [1.54, 1.807) is 7.11 Å². The van der Waals surface area contributed by atoms with E-state index < -0.39 is 0 Å². The molecule has 112 valence electrons. The lowest BCUT2D eigenvalue weighted by Gasteiger charge is -2.53. The summed E-state index contributed by atoms with van der Waals surface area (Å²) in [5, 5.41) is 10.0. The summed E-state index contributed by atoms with van der Waals surface area (Å²) in [4.78, 5) is 2.62. The fourth-order valence-electron chi connectivity index (χ4n) is 4.62. The molecule has 21 heavy (non-hydrogen) atoms. The number of nitrogens with zero attached hydrogens (tertiary/aromatic N) is 1. The minimum Gasteiger partial charge on any atom is -0.507 e. The Morgan fingerprint density at radius 2 is 1.95 bits per heavy atom. The highest BCUT2D eigenvalue weighted by Gasteiger charge is 2.45. The van der Waals surface area contributed by atoms with Crippen molar-refractivity contribution in [2.24, 2.45) is 17.8 Å². The van der Waals surface area contributed by atoms with Gasteiger partial charge in [0.1, 0.15) is 11.5 Å². The van der Waals surface area contributed by atoms with Crippen molar-refractivity contribution in [1.29, 1.82) is 0 Å². The van der Waals surface area contributed by atoms with Crippen LogP contribution in [0.2, 0.25) is 0 Å². The summed E-state index contributed by atoms with van der Waals surface area (Å²) in [6, 6.07) is 5.88. The lowest BCUT2D eigenvalue weighted by Crippen LogP contribution is -2.54. The standard InChI is InChI=1S/C17H20INO2/c1-21-17(11-2-3-14(18)15(20)6-11)16-12-4-10-5-13(16)9-19(7-10)8-12/h2-3,6,10,12-13,20H,4-5,7-9H2,1H3. The molecule has 3 nitrogen and oxygen atoms in total. The van der Waals surface area contributed by atoms with Gasteiger partial charge < -0.3 is 14.7 Å². The molecule has 1 aromatic rings. The lowest BCUT2D eigenvalue weighted by molar-refractivity contribution is 0.0235. The molecular weight excluding hydrogens is 377 g/mol. The van der Waals surface area contributed by atoms with Crippen molar-refractivity contribution in [1.82, 2.24) is 4.90 Å². The number of phenolic OH excluding ortho intramolecular Hbond substituents is 1. The number of hydrogen-bond donors (Lipinski definition) is 1. The summed E-state index contributed by atoms with van der Waals surface area (Å²) in [6.07, 6.45) is 2.62. The average Bonchev–Trinajstić information content (AvgIpc) is 2.45. The highest BCUT2D eigenvalue weighted by atomic mass is 127. The number of piperidine rings is 3. The van der Waals surface area contributed by atoms with Crippen LogP contribution in [0.4, 0.5) is 0 Å². The predicted octanol–water partition coefficient (Wildman–Crippen LogP) is 3.33. The second-order valence-corrected chi connectivity index (χ2v) is 7.77. The number of ether oxygens (including phenoxy) is 1. The van der Waals surface area contributed by atoms with Gasteiger partial charge in [0.15, 0.2) is 0 Å². The maximum Gasteiger partial charge on any atom is 0.129 e. The smallest absolute Gasteiger partial charge is 0.129 e. The fourth-order valence-corrected chi connectivity index (χ4v) is 4.96. The predicted molar refractivity (Wildman–Crippen MR) is 90.9 cm³/mol. The molecule has 0 amide bonds. The molecular formula is C17H20INO2. The Balaban J connectivity index is 1.79. The van der Waals surface area contributed by atoms with Crippen LogP contribution in [-0.4, -0.2) is 36.8 Å². The van der Waals surface area contributed by atoms with E-state index in [-0.39, 0.29) is 0 Å². The first-order chi connectivity index (χ1) is 10.2. The van der Waals surface area contributed by atoms with Crippen LogP contribution in [0.25, 0.3) is 5.76 Å². The lowest BCUT2D eigenvalue weighted by atomic mass is 9.64. The minimum absolute atomic E-state index is 0.343. The molecule has 2 atom stereocenters. The number of methoxy groups -OCH3 is 1. The van der Waals surface area contributed by atoms with Gasteiger partial charge in [-0.1, -0.05) is 0 Å². The van der Waals surface area contributed by atoms with Gasteiger partial charge in [0.2, 0.25) is 0 Å². The van der Waals surface area contributed by atoms with Crippen molar-refractivity contribution in [3.8, 4) is 5.75 Å². The van der Waals surface area contributed by atoms with E-state index in [0.717, 1.165) is 20.8 Å². The van der Waals surface area contributed by atoms with E-state index in [1.807, 2.05) is 12.1 Å². The van der Waals surface area contributed by atoms with Gasteiger partial charge >= 0.3 is 0 Å². The summed E-state index contributed by atoms with van der Waals surface area (Å²) in [5.74, 6) is 3.53. The Morgan fingerprint density at radius 3 is 2.52 bits per heavy atom. The molecule has 2 unspecified atom stereocenters. The van der Waals surface area contributed by atoms with Crippen LogP contribution in [0.15, 0.2) is 23.8 Å². The van der Waals surface area contributed by atoms with Crippen molar-refractivity contribution in [3.05, 3.63) is 32.9 Å². The number of halogens is 1. The summed E-state index contributed by atoms with van der Waals surface area (Å²) in [5.41, 5.74) is 2.53. The molecule has 1 saturated carbocycles. The van der Waals surface area contributed by atoms with Crippen LogP contribution >= 0.6 is 22.6 Å². The summed E-state index contributed by atoms with van der Waals surface area (Å²) in [6.45, 7) is 3.67. The molecule has 0 spiro atoms. The molecule has 4 heteroatoms. The molecule has 3 aliphatic heterocycles. The van der Waals surface area contributed by atoms with Crippen molar-refractivity contribution < 1.29 is 9.84 Å². The van der Waals surface area contributed by atoms with Crippen LogP contribution in [0.5, 0.6) is 5.75 Å². The largest absolute Gasteiger partial charge is 0.507 e. The van der Waals surface area contributed by atoms with E-state index in [1.165, 1.54) is 38.0 Å². The molecule has 1 N–H and O–H groups in total. The van der Waals surface area contributed by atoms with Gasteiger partial charge in [0.05, 0.1) is 10.7 Å². The van der Waals surface area contributed by atoms with Crippen LogP contribution < -0.4 is 0 Å². The van der Waals surface area contributed by atoms with Gasteiger partial charge in [0.25, 0.3) is 0 Å². The number of phenols is 1. The third-order valence-corrected chi connectivity index (χ3v) is 6.18. The van der Waals surface area contributed by atoms with Gasteiger partial charge in [-0.3, -0.25) is 0 Å². The quantitative estimate of drug-likeness (QED) is 0.614. The first-order valence-electron chi connectivity index (χ1n) is 7.65. The SMILES string of the molecule is COC(=C1C2CC3CC1CN(C3)C2)c1ccc(I)c(O)c1. The molecule has 0 aromatic heterocycles. The Hall–Kier alpha value is -0.750. The Kier molecular flexibility index (Phi) is 3.41. The number of benzene rings is 1. The molecule has 4 fully saturated rings. The number of aromatic hydroxyl groups is 1. The maximum absolute atomic E-state index is 10.0. The Morgan fingerprint density at radius 1 is 1.24 bits per heavy atom. The first-order valence-corrected chi connectivity index (χ1v) is 8.73. The maximum atomic E-state index is 10.0. The van der Waals surface area contributed by atoms with E-state index in [4.69, 9.17) is 4.74 Å². The van der Waals surface area contributed by atoms with Crippen molar-refractivity contribution in [2.75, 3.05) is 26.7 Å². The second kappa shape index (κ2) is 5.16. The minimum atomic E-state index is 0.343. The molecule has 3 saturated heterocycles. The summed E-state index contributed by atoms with van der Waals surface area (Å²) >= 11 is 2.15. The first kappa shape index (κ1) is 13.9. The van der Waals surface area contributed by atoms with Gasteiger partial charge in [-0.15, -0.1) is 0 Å². The van der Waals surface area contributed by atoms with E-state index in [9.17, 15) is 5.11 Å². The van der Waals surface area contributed by atoms with E-state index >= 15 is 0 Å². The third-order valence-electron chi connectivity index (χ3n) is 5.26. The van der Waals surface area contributed by atoms with Gasteiger partial charge in [-0.25, -0.2) is 0 Å². The monoisotopic (exact) mass is 397 g/mol. The van der Waals surface area contributed by atoms with Gasteiger partial charge in [-0.05, 0) is 77.0 Å². The molecule has 1 aliphatic carbocycles. The Labute approximate surface area is 139 Å². The molecule has 1 aromatic carbocycles. The van der Waals surface area contributed by atoms with Crippen LogP contribution in [0.1, 0.15) is 18.4 Å². The van der Waals surface area contributed by atoms with Crippen molar-refractivity contribution in [2.45, 2.75) is 12.8 Å². The average molecular weight is 397 g/mol. The zero-order valence-electron chi connectivity index (χ0n) is 12.2. The van der Waals surface area contributed by atoms with E-state index in [0.29, 0.717) is 17.6 Å². The molecule has 4 bridgehead atoms. The highest BCUT2D eigenvalue weighted by Crippen LogP contribution is 2.49. The van der Waals surface area contributed by atoms with E-state index in [2.05, 4.69) is 33.6 Å². The van der Waals surface area contributed by atoms with Crippen molar-refractivity contribution in [3.63, 3.8) is 0 Å². The summed E-state index contributed by atoms with van der Waals surface area (Å²) in [7, 11) is 1.77. The zero-order valence-corrected chi connectivity index (χ0v) is 14.3. The second-order valence-electron chi connectivity index (χ2n) is 6.60. The third kappa shape index (κ3) is 2.27. The molecule has 0 radical (unpaired) electrons. The normalized spacial score (nSPS) is 33.3. The molecule has 3 heterocycles. The van der Waals surface area contributed by atoms with Gasteiger partial charge in [-0.2, -0.15) is 0 Å². The Bertz CT molecular complexity index is 581. The van der Waals surface area contributed by atoms with Crippen LogP contribution in [0.3, 0.4) is 0 Å². The topological polar surface area (TPSA) is 32.7 Å². The zero-order chi connectivity index (χ0) is 14.6. The number of hydrogen-bond acceptors (Lipinski definition) is 3. The highest BCUT2D eigenvalue weighted by molar-refractivity contribution is 14.1. The summed E-state index contributed by atoms with van der Waals surface area (Å²) < 4.78 is 6.69. The van der Waals surface area contributed by atoms with Crippen LogP contribution in [-0.2, 0) is 4.74 Å². The van der Waals surface area contributed by atoms with Crippen molar-refractivity contribution >= 4 is 28.4 Å². The molecule has 4 aliphatic rings.